The zero-order valence-corrected chi connectivity index (χ0v) is 17.8. The molecule has 0 spiro atoms. The van der Waals surface area contributed by atoms with Crippen molar-refractivity contribution >= 4 is 44.4 Å². The number of pyridine rings is 1. The summed E-state index contributed by atoms with van der Waals surface area (Å²) in [7, 11) is 1.92. The second kappa shape index (κ2) is 7.50. The molecule has 0 unspecified atom stereocenters. The first kappa shape index (κ1) is 19.8. The van der Waals surface area contributed by atoms with Gasteiger partial charge in [-0.05, 0) is 23.5 Å². The van der Waals surface area contributed by atoms with E-state index in [4.69, 9.17) is 4.98 Å². The van der Waals surface area contributed by atoms with Crippen LogP contribution in [0.1, 0.15) is 29.0 Å². The first-order valence-electron chi connectivity index (χ1n) is 9.58. The summed E-state index contributed by atoms with van der Waals surface area (Å²) in [6.45, 7) is 1.83. The SMILES string of the molecule is C[C@H](NC(=O)c1cc([N+](=O)[O-])[nH]n1)c1cccc(-c2nc3c(ncc4ncn(C)c43)s2)c1. The number of carbonyl (C=O) groups excluding carboxylic acids is 1. The van der Waals surface area contributed by atoms with Gasteiger partial charge in [-0.15, -0.1) is 5.10 Å². The smallest absolute Gasteiger partial charge is 0.343 e. The topological polar surface area (TPSA) is 145 Å². The van der Waals surface area contributed by atoms with Gasteiger partial charge in [0.05, 0.1) is 30.1 Å². The lowest BCUT2D eigenvalue weighted by Gasteiger charge is -2.14. The molecule has 2 N–H and O–H groups in total. The molecule has 1 aromatic carbocycles. The minimum Gasteiger partial charge on any atom is -0.358 e. The molecule has 11 nitrogen and oxygen atoms in total. The minimum atomic E-state index is -0.636. The number of fused-ring (bicyclic) bond motifs is 3. The van der Waals surface area contributed by atoms with E-state index < -0.39 is 10.8 Å². The maximum atomic E-state index is 12.4. The van der Waals surface area contributed by atoms with Crippen molar-refractivity contribution in [2.24, 2.45) is 7.05 Å². The van der Waals surface area contributed by atoms with Gasteiger partial charge in [0, 0.05) is 12.6 Å². The zero-order chi connectivity index (χ0) is 22.4. The molecule has 0 saturated heterocycles. The van der Waals surface area contributed by atoms with Crippen LogP contribution < -0.4 is 5.32 Å². The Kier molecular flexibility index (Phi) is 4.63. The van der Waals surface area contributed by atoms with Crippen LogP contribution in [0.4, 0.5) is 5.82 Å². The van der Waals surface area contributed by atoms with E-state index in [1.54, 1.807) is 12.5 Å². The third-order valence-electron chi connectivity index (χ3n) is 5.08. The summed E-state index contributed by atoms with van der Waals surface area (Å²) in [5, 5.41) is 20.3. The molecule has 160 valence electrons. The predicted molar refractivity (Wildman–Crippen MR) is 118 cm³/mol. The van der Waals surface area contributed by atoms with E-state index in [1.165, 1.54) is 11.3 Å². The van der Waals surface area contributed by atoms with Gasteiger partial charge < -0.3 is 20.0 Å². The van der Waals surface area contributed by atoms with Gasteiger partial charge in [0.25, 0.3) is 5.91 Å². The normalized spacial score (nSPS) is 12.3. The fraction of sp³-hybridized carbons (Fsp3) is 0.150. The van der Waals surface area contributed by atoms with Crippen molar-refractivity contribution in [2.75, 3.05) is 0 Å². The number of nitro groups is 1. The number of amides is 1. The first-order chi connectivity index (χ1) is 15.4. The molecule has 0 radical (unpaired) electrons. The number of aromatic nitrogens is 6. The van der Waals surface area contributed by atoms with E-state index in [-0.39, 0.29) is 17.6 Å². The van der Waals surface area contributed by atoms with E-state index in [0.29, 0.717) is 0 Å². The molecule has 0 saturated carbocycles. The van der Waals surface area contributed by atoms with Gasteiger partial charge in [0.15, 0.2) is 5.69 Å². The number of aryl methyl sites for hydroxylation is 1. The quantitative estimate of drug-likeness (QED) is 0.310. The molecule has 0 aliphatic rings. The van der Waals surface area contributed by atoms with Crippen LogP contribution >= 0.6 is 11.3 Å². The van der Waals surface area contributed by atoms with Crippen LogP contribution in [0.15, 0.2) is 42.9 Å². The van der Waals surface area contributed by atoms with Gasteiger partial charge in [0.1, 0.15) is 20.9 Å². The molecule has 1 amide bonds. The number of aromatic amines is 1. The molecule has 32 heavy (non-hydrogen) atoms. The number of nitrogens with one attached hydrogen (secondary N) is 2. The molecule has 5 aromatic rings. The molecule has 5 rings (SSSR count). The molecule has 1 atom stereocenters. The molecule has 4 heterocycles. The van der Waals surface area contributed by atoms with Crippen molar-refractivity contribution in [3.63, 3.8) is 0 Å². The molecular formula is C20H16N8O3S. The van der Waals surface area contributed by atoms with Crippen molar-refractivity contribution in [2.45, 2.75) is 13.0 Å². The predicted octanol–water partition coefficient (Wildman–Crippen LogP) is 3.37. The summed E-state index contributed by atoms with van der Waals surface area (Å²) < 4.78 is 1.93. The second-order valence-corrected chi connectivity index (χ2v) is 8.21. The molecule has 0 aliphatic carbocycles. The lowest BCUT2D eigenvalue weighted by Crippen LogP contribution is -2.26. The molecule has 0 fully saturated rings. The Hall–Kier alpha value is -4.19. The maximum absolute atomic E-state index is 12.4. The van der Waals surface area contributed by atoms with E-state index >= 15 is 0 Å². The number of thiazole rings is 1. The molecular weight excluding hydrogens is 432 g/mol. The zero-order valence-electron chi connectivity index (χ0n) is 16.9. The van der Waals surface area contributed by atoms with Gasteiger partial charge in [-0.25, -0.2) is 15.0 Å². The molecule has 0 aliphatic heterocycles. The highest BCUT2D eigenvalue weighted by atomic mass is 32.1. The fourth-order valence-electron chi connectivity index (χ4n) is 3.44. The fourth-order valence-corrected chi connectivity index (χ4v) is 4.35. The number of benzene rings is 1. The van der Waals surface area contributed by atoms with E-state index in [2.05, 4.69) is 25.5 Å². The Morgan fingerprint density at radius 3 is 2.94 bits per heavy atom. The summed E-state index contributed by atoms with van der Waals surface area (Å²) in [6.07, 6.45) is 3.48. The third kappa shape index (κ3) is 3.36. The van der Waals surface area contributed by atoms with Crippen LogP contribution in [0.25, 0.3) is 32.0 Å². The van der Waals surface area contributed by atoms with Crippen LogP contribution in [0.3, 0.4) is 0 Å². The Balaban J connectivity index is 1.42. The number of nitrogens with zero attached hydrogens (tertiary/aromatic N) is 6. The van der Waals surface area contributed by atoms with Gasteiger partial charge >= 0.3 is 5.82 Å². The Labute approximate surface area is 184 Å². The highest BCUT2D eigenvalue weighted by molar-refractivity contribution is 7.21. The van der Waals surface area contributed by atoms with Crippen LogP contribution in [-0.2, 0) is 7.05 Å². The first-order valence-corrected chi connectivity index (χ1v) is 10.4. The van der Waals surface area contributed by atoms with Crippen LogP contribution in [0.5, 0.6) is 0 Å². The molecule has 4 aromatic heterocycles. The number of H-pyrrole nitrogens is 1. The highest BCUT2D eigenvalue weighted by Gasteiger charge is 2.19. The number of carbonyl (C=O) groups is 1. The van der Waals surface area contributed by atoms with Gasteiger partial charge in [-0.1, -0.05) is 34.6 Å². The van der Waals surface area contributed by atoms with Crippen molar-refractivity contribution < 1.29 is 9.72 Å². The lowest BCUT2D eigenvalue weighted by atomic mass is 10.1. The van der Waals surface area contributed by atoms with Crippen molar-refractivity contribution in [3.05, 3.63) is 64.2 Å². The average Bonchev–Trinajstić information content (AvgIpc) is 3.51. The standard InChI is InChI=1S/C20H16N8O3S/c1-10(23-18(29)13-7-15(26-25-13)28(30)31)11-4-3-5-12(6-11)19-24-16-17-14(22-9-27(17)2)8-21-20(16)32-19/h3-10H,1-2H3,(H,23,29)(H,25,26)/t10-/m0/s1. The number of hydrogen-bond acceptors (Lipinski definition) is 8. The summed E-state index contributed by atoms with van der Waals surface area (Å²) in [6, 6.07) is 8.45. The van der Waals surface area contributed by atoms with Crippen molar-refractivity contribution in [1.29, 1.82) is 0 Å². The maximum Gasteiger partial charge on any atom is 0.343 e. The van der Waals surface area contributed by atoms with Crippen LogP contribution in [0.2, 0.25) is 0 Å². The minimum absolute atomic E-state index is 0.0443. The highest BCUT2D eigenvalue weighted by Crippen LogP contribution is 2.33. The number of hydrogen-bond donors (Lipinski definition) is 2. The van der Waals surface area contributed by atoms with Crippen molar-refractivity contribution in [1.82, 2.24) is 35.0 Å². The van der Waals surface area contributed by atoms with E-state index in [1.807, 2.05) is 42.8 Å². The summed E-state index contributed by atoms with van der Waals surface area (Å²) in [4.78, 5) is 37.0. The lowest BCUT2D eigenvalue weighted by molar-refractivity contribution is -0.389. The Morgan fingerprint density at radius 2 is 2.16 bits per heavy atom. The molecule has 0 bridgehead atoms. The average molecular weight is 448 g/mol. The Bertz CT molecular complexity index is 1500. The van der Waals surface area contributed by atoms with E-state index in [0.717, 1.165) is 43.6 Å². The summed E-state index contributed by atoms with van der Waals surface area (Å²) in [5.74, 6) is -0.841. The number of imidazole rings is 1. The summed E-state index contributed by atoms with van der Waals surface area (Å²) in [5.41, 5.74) is 4.24. The van der Waals surface area contributed by atoms with Gasteiger partial charge in [0.2, 0.25) is 0 Å². The van der Waals surface area contributed by atoms with Crippen LogP contribution in [-0.4, -0.2) is 40.5 Å². The summed E-state index contributed by atoms with van der Waals surface area (Å²) >= 11 is 1.49. The molecule has 12 heteroatoms. The number of rotatable bonds is 5. The van der Waals surface area contributed by atoms with Gasteiger partial charge in [-0.2, -0.15) is 0 Å². The van der Waals surface area contributed by atoms with Crippen LogP contribution in [0, 0.1) is 10.1 Å². The van der Waals surface area contributed by atoms with Gasteiger partial charge in [-0.3, -0.25) is 4.79 Å². The monoisotopic (exact) mass is 448 g/mol. The van der Waals surface area contributed by atoms with E-state index in [9.17, 15) is 14.9 Å². The third-order valence-corrected chi connectivity index (χ3v) is 6.09. The largest absolute Gasteiger partial charge is 0.358 e. The second-order valence-electron chi connectivity index (χ2n) is 7.24. The van der Waals surface area contributed by atoms with Crippen molar-refractivity contribution in [3.8, 4) is 10.6 Å². The Morgan fingerprint density at radius 1 is 1.31 bits per heavy atom.